The van der Waals surface area contributed by atoms with Gasteiger partial charge < -0.3 is 15.4 Å². The van der Waals surface area contributed by atoms with Gasteiger partial charge in [0.1, 0.15) is 29.5 Å². The maximum Gasteiger partial charge on any atom is 0.131 e. The highest BCUT2D eigenvalue weighted by Crippen LogP contribution is 2.13. The Hall–Kier alpha value is -3.15. The molecule has 3 rings (SSSR count). The molecule has 0 amide bonds. The predicted octanol–water partition coefficient (Wildman–Crippen LogP) is 3.89. The summed E-state index contributed by atoms with van der Waals surface area (Å²) in [6.07, 6.45) is 2.40. The quantitative estimate of drug-likeness (QED) is 0.644. The van der Waals surface area contributed by atoms with Crippen LogP contribution in [0.4, 0.5) is 16.0 Å². The van der Waals surface area contributed by atoms with Crippen molar-refractivity contribution in [3.05, 3.63) is 77.9 Å². The van der Waals surface area contributed by atoms with Crippen molar-refractivity contribution < 1.29 is 9.13 Å². The molecule has 2 aromatic carbocycles. The summed E-state index contributed by atoms with van der Waals surface area (Å²) in [4.78, 5) is 8.44. The number of anilines is 2. The van der Waals surface area contributed by atoms with Crippen LogP contribution in [-0.4, -0.2) is 23.6 Å². The Balaban J connectivity index is 1.49. The molecule has 0 fully saturated rings. The highest BCUT2D eigenvalue weighted by atomic mass is 19.1. The molecule has 0 saturated heterocycles. The van der Waals surface area contributed by atoms with Gasteiger partial charge in [-0.25, -0.2) is 14.4 Å². The van der Waals surface area contributed by atoms with Crippen LogP contribution in [0.15, 0.2) is 60.9 Å². The van der Waals surface area contributed by atoms with Crippen LogP contribution in [0.5, 0.6) is 5.75 Å². The Morgan fingerprint density at radius 1 is 0.885 bits per heavy atom. The molecule has 0 saturated carbocycles. The summed E-state index contributed by atoms with van der Waals surface area (Å²) >= 11 is 0. The van der Waals surface area contributed by atoms with Crippen LogP contribution in [0.25, 0.3) is 0 Å². The smallest absolute Gasteiger partial charge is 0.131 e. The SMILES string of the molecule is COc1ccc(CCNc2cc(NCc3ccc(F)cc3)ncn2)cc1. The fourth-order valence-electron chi connectivity index (χ4n) is 2.47. The average molecular weight is 352 g/mol. The lowest BCUT2D eigenvalue weighted by atomic mass is 10.1. The summed E-state index contributed by atoms with van der Waals surface area (Å²) in [5.74, 6) is 2.10. The number of benzene rings is 2. The molecule has 0 bridgehead atoms. The van der Waals surface area contributed by atoms with Gasteiger partial charge in [0.25, 0.3) is 0 Å². The molecule has 1 aromatic heterocycles. The number of hydrogen-bond acceptors (Lipinski definition) is 5. The summed E-state index contributed by atoms with van der Waals surface area (Å²) in [7, 11) is 1.66. The molecule has 5 nitrogen and oxygen atoms in total. The lowest BCUT2D eigenvalue weighted by Gasteiger charge is -2.09. The minimum absolute atomic E-state index is 0.237. The van der Waals surface area contributed by atoms with Gasteiger partial charge in [0.15, 0.2) is 0 Å². The van der Waals surface area contributed by atoms with Crippen LogP contribution in [0.2, 0.25) is 0 Å². The van der Waals surface area contributed by atoms with Crippen LogP contribution in [-0.2, 0) is 13.0 Å². The summed E-state index contributed by atoms with van der Waals surface area (Å²) in [6, 6.07) is 16.3. The van der Waals surface area contributed by atoms with E-state index in [-0.39, 0.29) is 5.82 Å². The number of aromatic nitrogens is 2. The summed E-state index contributed by atoms with van der Waals surface area (Å²) < 4.78 is 18.1. The van der Waals surface area contributed by atoms with Crippen molar-refractivity contribution in [3.63, 3.8) is 0 Å². The van der Waals surface area contributed by atoms with Gasteiger partial charge in [-0.15, -0.1) is 0 Å². The third kappa shape index (κ3) is 5.17. The highest BCUT2D eigenvalue weighted by molar-refractivity contribution is 5.46. The van der Waals surface area contributed by atoms with E-state index in [4.69, 9.17) is 4.74 Å². The second-order valence-corrected chi connectivity index (χ2v) is 5.79. The monoisotopic (exact) mass is 352 g/mol. The maximum atomic E-state index is 12.9. The van der Waals surface area contributed by atoms with E-state index in [1.807, 2.05) is 18.2 Å². The van der Waals surface area contributed by atoms with Crippen molar-refractivity contribution >= 4 is 11.6 Å². The molecule has 0 atom stereocenters. The molecule has 0 aliphatic rings. The Morgan fingerprint density at radius 3 is 2.23 bits per heavy atom. The minimum Gasteiger partial charge on any atom is -0.497 e. The highest BCUT2D eigenvalue weighted by Gasteiger charge is 2.00. The average Bonchev–Trinajstić information content (AvgIpc) is 2.68. The lowest BCUT2D eigenvalue weighted by Crippen LogP contribution is -2.08. The first-order valence-electron chi connectivity index (χ1n) is 8.40. The van der Waals surface area contributed by atoms with Crippen molar-refractivity contribution in [1.82, 2.24) is 9.97 Å². The normalized spacial score (nSPS) is 10.4. The van der Waals surface area contributed by atoms with E-state index >= 15 is 0 Å². The van der Waals surface area contributed by atoms with Crippen LogP contribution >= 0.6 is 0 Å². The first-order chi connectivity index (χ1) is 12.7. The summed E-state index contributed by atoms with van der Waals surface area (Å²) in [5.41, 5.74) is 2.21. The lowest BCUT2D eigenvalue weighted by molar-refractivity contribution is 0.414. The van der Waals surface area contributed by atoms with Crippen LogP contribution < -0.4 is 15.4 Å². The Bertz CT molecular complexity index is 822. The molecule has 0 aliphatic carbocycles. The molecule has 2 N–H and O–H groups in total. The molecule has 0 aliphatic heterocycles. The van der Waals surface area contributed by atoms with Crippen molar-refractivity contribution in [2.24, 2.45) is 0 Å². The molecule has 0 radical (unpaired) electrons. The van der Waals surface area contributed by atoms with Crippen molar-refractivity contribution in [2.75, 3.05) is 24.3 Å². The van der Waals surface area contributed by atoms with Crippen molar-refractivity contribution in [3.8, 4) is 5.75 Å². The Morgan fingerprint density at radius 2 is 1.54 bits per heavy atom. The number of nitrogens with zero attached hydrogens (tertiary/aromatic N) is 2. The van der Waals surface area contributed by atoms with Gasteiger partial charge >= 0.3 is 0 Å². The summed E-state index contributed by atoms with van der Waals surface area (Å²) in [6.45, 7) is 1.34. The van der Waals surface area contributed by atoms with Gasteiger partial charge in [-0.2, -0.15) is 0 Å². The zero-order valence-electron chi connectivity index (χ0n) is 14.6. The van der Waals surface area contributed by atoms with Crippen molar-refractivity contribution in [1.29, 1.82) is 0 Å². The minimum atomic E-state index is -0.237. The molecule has 3 aromatic rings. The molecular formula is C20H21FN4O. The number of rotatable bonds is 8. The van der Waals surface area contributed by atoms with Gasteiger partial charge in [-0.05, 0) is 41.8 Å². The topological polar surface area (TPSA) is 59.1 Å². The van der Waals surface area contributed by atoms with Gasteiger partial charge in [-0.3, -0.25) is 0 Å². The number of nitrogens with one attached hydrogen (secondary N) is 2. The molecule has 1 heterocycles. The maximum absolute atomic E-state index is 12.9. The van der Waals surface area contributed by atoms with E-state index in [0.29, 0.717) is 6.54 Å². The van der Waals surface area contributed by atoms with E-state index in [0.717, 1.165) is 35.9 Å². The number of halogens is 1. The van der Waals surface area contributed by atoms with Crippen LogP contribution in [0.3, 0.4) is 0 Å². The van der Waals surface area contributed by atoms with E-state index in [2.05, 4.69) is 32.7 Å². The largest absolute Gasteiger partial charge is 0.497 e. The number of ether oxygens (including phenoxy) is 1. The van der Waals surface area contributed by atoms with Crippen molar-refractivity contribution in [2.45, 2.75) is 13.0 Å². The zero-order chi connectivity index (χ0) is 18.2. The number of hydrogen-bond donors (Lipinski definition) is 2. The van der Waals surface area contributed by atoms with Crippen LogP contribution in [0, 0.1) is 5.82 Å². The van der Waals surface area contributed by atoms with E-state index in [9.17, 15) is 4.39 Å². The van der Waals surface area contributed by atoms with Gasteiger partial charge in [0, 0.05) is 19.2 Å². The van der Waals surface area contributed by atoms with Gasteiger partial charge in [-0.1, -0.05) is 24.3 Å². The van der Waals surface area contributed by atoms with E-state index in [1.165, 1.54) is 24.0 Å². The Kier molecular flexibility index (Phi) is 5.98. The zero-order valence-corrected chi connectivity index (χ0v) is 14.6. The van der Waals surface area contributed by atoms with Gasteiger partial charge in [0.2, 0.25) is 0 Å². The fourth-order valence-corrected chi connectivity index (χ4v) is 2.47. The third-order valence-electron chi connectivity index (χ3n) is 3.93. The third-order valence-corrected chi connectivity index (χ3v) is 3.93. The standard InChI is InChI=1S/C20H21FN4O/c1-26-18-8-4-15(5-9-18)10-11-22-19-12-20(25-14-24-19)23-13-16-2-6-17(21)7-3-16/h2-9,12,14H,10-11,13H2,1H3,(H2,22,23,24,25). The van der Waals surface area contributed by atoms with E-state index < -0.39 is 0 Å². The first kappa shape index (κ1) is 17.7. The first-order valence-corrected chi connectivity index (χ1v) is 8.40. The fraction of sp³-hybridized carbons (Fsp3) is 0.200. The van der Waals surface area contributed by atoms with E-state index in [1.54, 1.807) is 19.2 Å². The number of methoxy groups -OCH3 is 1. The van der Waals surface area contributed by atoms with Gasteiger partial charge in [0.05, 0.1) is 7.11 Å². The van der Waals surface area contributed by atoms with Crippen LogP contribution in [0.1, 0.15) is 11.1 Å². The Labute approximate surface area is 152 Å². The molecule has 26 heavy (non-hydrogen) atoms. The summed E-state index contributed by atoms with van der Waals surface area (Å²) in [5, 5.41) is 6.51. The molecule has 6 heteroatoms. The second kappa shape index (κ2) is 8.80. The molecule has 134 valence electrons. The predicted molar refractivity (Wildman–Crippen MR) is 101 cm³/mol. The molecule has 0 spiro atoms. The molecular weight excluding hydrogens is 331 g/mol. The second-order valence-electron chi connectivity index (χ2n) is 5.79. The molecule has 0 unspecified atom stereocenters.